The molecule has 0 radical (unpaired) electrons. The minimum Gasteiger partial charge on any atom is -0.482 e. The van der Waals surface area contributed by atoms with Gasteiger partial charge in [0.2, 0.25) is 0 Å². The van der Waals surface area contributed by atoms with Crippen LogP contribution in [0.3, 0.4) is 0 Å². The summed E-state index contributed by atoms with van der Waals surface area (Å²) >= 11 is 0. The third-order valence-corrected chi connectivity index (χ3v) is 8.28. The van der Waals surface area contributed by atoms with E-state index in [1.165, 1.54) is 5.56 Å². The van der Waals surface area contributed by atoms with E-state index < -0.39 is 5.97 Å². The summed E-state index contributed by atoms with van der Waals surface area (Å²) in [6.07, 6.45) is 9.72. The molecule has 1 aliphatic heterocycles. The van der Waals surface area contributed by atoms with Gasteiger partial charge >= 0.3 is 11.9 Å². The quantitative estimate of drug-likeness (QED) is 0.303. The third-order valence-electron chi connectivity index (χ3n) is 8.28. The van der Waals surface area contributed by atoms with Crippen LogP contribution in [-0.4, -0.2) is 53.6 Å². The fourth-order valence-electron chi connectivity index (χ4n) is 6.47. The largest absolute Gasteiger partial charge is 0.482 e. The lowest BCUT2D eigenvalue weighted by molar-refractivity contribution is -0.152. The van der Waals surface area contributed by atoms with Crippen molar-refractivity contribution in [2.75, 3.05) is 13.2 Å². The highest BCUT2D eigenvalue weighted by Crippen LogP contribution is 2.48. The number of hydrogen-bond donors (Lipinski definition) is 3. The maximum atomic E-state index is 12.7. The van der Waals surface area contributed by atoms with Gasteiger partial charge in [-0.15, -0.1) is 0 Å². The van der Waals surface area contributed by atoms with Crippen LogP contribution in [0.4, 0.5) is 0 Å². The van der Waals surface area contributed by atoms with Gasteiger partial charge in [-0.1, -0.05) is 31.9 Å². The van der Waals surface area contributed by atoms with Crippen molar-refractivity contribution in [3.63, 3.8) is 0 Å². The van der Waals surface area contributed by atoms with Gasteiger partial charge in [0.05, 0.1) is 6.10 Å². The van der Waals surface area contributed by atoms with E-state index in [2.05, 4.69) is 18.3 Å². The highest BCUT2D eigenvalue weighted by atomic mass is 16.5. The second kappa shape index (κ2) is 12.2. The molecule has 0 aromatic heterocycles. The Morgan fingerprint density at radius 1 is 1.20 bits per heavy atom. The molecule has 4 rings (SSSR count). The molecule has 0 bridgehead atoms. The molecule has 7 nitrogen and oxygen atoms in total. The van der Waals surface area contributed by atoms with Gasteiger partial charge in [-0.05, 0) is 99.3 Å². The number of aliphatic hydroxyl groups excluding tert-OH is 1. The van der Waals surface area contributed by atoms with Gasteiger partial charge in [0, 0.05) is 0 Å². The van der Waals surface area contributed by atoms with Crippen LogP contribution in [0.2, 0.25) is 0 Å². The van der Waals surface area contributed by atoms with Crippen LogP contribution in [-0.2, 0) is 27.2 Å². The molecule has 194 valence electrons. The van der Waals surface area contributed by atoms with Crippen LogP contribution < -0.4 is 10.1 Å². The van der Waals surface area contributed by atoms with Crippen molar-refractivity contribution < 1.29 is 29.3 Å². The van der Waals surface area contributed by atoms with E-state index in [0.29, 0.717) is 17.6 Å². The Bertz CT molecular complexity index is 867. The van der Waals surface area contributed by atoms with E-state index in [1.807, 2.05) is 12.1 Å². The molecule has 1 saturated heterocycles. The zero-order valence-corrected chi connectivity index (χ0v) is 20.9. The molecule has 3 N–H and O–H groups in total. The molecule has 7 heteroatoms. The van der Waals surface area contributed by atoms with Crippen molar-refractivity contribution in [1.82, 2.24) is 5.32 Å². The summed E-state index contributed by atoms with van der Waals surface area (Å²) in [5.41, 5.74) is 2.30. The Morgan fingerprint density at radius 3 is 2.80 bits per heavy atom. The fourth-order valence-corrected chi connectivity index (χ4v) is 6.47. The predicted octanol–water partition coefficient (Wildman–Crippen LogP) is 3.89. The second-order valence-electron chi connectivity index (χ2n) is 10.7. The Kier molecular flexibility index (Phi) is 9.06. The zero-order chi connectivity index (χ0) is 24.8. The smallest absolute Gasteiger partial charge is 0.341 e. The summed E-state index contributed by atoms with van der Waals surface area (Å²) in [6, 6.07) is 5.71. The first-order valence-corrected chi connectivity index (χ1v) is 13.5. The minimum absolute atomic E-state index is 0.0883. The molecule has 0 spiro atoms. The number of carbonyl (C=O) groups is 2. The van der Waals surface area contributed by atoms with Gasteiger partial charge in [-0.3, -0.25) is 4.79 Å². The highest BCUT2D eigenvalue weighted by Gasteiger charge is 2.45. The summed E-state index contributed by atoms with van der Waals surface area (Å²) in [5.74, 6) is 0.495. The molecule has 1 heterocycles. The van der Waals surface area contributed by atoms with Crippen molar-refractivity contribution >= 4 is 11.9 Å². The van der Waals surface area contributed by atoms with Crippen molar-refractivity contribution in [3.05, 3.63) is 29.3 Å². The number of benzene rings is 1. The number of fused-ring (bicyclic) bond motifs is 2. The van der Waals surface area contributed by atoms with Crippen molar-refractivity contribution in [2.45, 2.75) is 95.8 Å². The van der Waals surface area contributed by atoms with E-state index in [4.69, 9.17) is 14.6 Å². The van der Waals surface area contributed by atoms with Gasteiger partial charge in [0.15, 0.2) is 6.61 Å². The Morgan fingerprint density at radius 2 is 2.06 bits per heavy atom. The molecule has 1 aromatic carbocycles. The number of aliphatic hydroxyl groups is 1. The van der Waals surface area contributed by atoms with Crippen molar-refractivity contribution in [1.29, 1.82) is 0 Å². The van der Waals surface area contributed by atoms with Crippen LogP contribution >= 0.6 is 0 Å². The Balaban J connectivity index is 1.39. The summed E-state index contributed by atoms with van der Waals surface area (Å²) < 4.78 is 11.5. The number of hydrogen-bond acceptors (Lipinski definition) is 6. The SMILES string of the molecule is CCCCC[C@@H](CC[C@@H]1[C@H]2Cc3cccc(OCC(=O)O)c3C[C@H]2C[C@H]1O)OC(=O)C1CCCN1. The van der Waals surface area contributed by atoms with Gasteiger partial charge in [-0.2, -0.15) is 0 Å². The van der Waals surface area contributed by atoms with Gasteiger partial charge in [0.25, 0.3) is 0 Å². The lowest BCUT2D eigenvalue weighted by atomic mass is 9.73. The maximum absolute atomic E-state index is 12.7. The zero-order valence-electron chi connectivity index (χ0n) is 20.9. The third kappa shape index (κ3) is 6.56. The Labute approximate surface area is 208 Å². The lowest BCUT2D eigenvalue weighted by Gasteiger charge is -2.33. The van der Waals surface area contributed by atoms with Crippen LogP contribution in [0.1, 0.15) is 75.8 Å². The molecule has 2 fully saturated rings. The number of nitrogens with one attached hydrogen (secondary N) is 1. The first-order chi connectivity index (χ1) is 17.0. The fraction of sp³-hybridized carbons (Fsp3) is 0.714. The topological polar surface area (TPSA) is 105 Å². The number of carbonyl (C=O) groups excluding carboxylic acids is 1. The normalized spacial score (nSPS) is 28.2. The summed E-state index contributed by atoms with van der Waals surface area (Å²) in [7, 11) is 0. The first kappa shape index (κ1) is 26.0. The van der Waals surface area contributed by atoms with Crippen molar-refractivity contribution in [2.24, 2.45) is 17.8 Å². The number of rotatable bonds is 12. The number of esters is 1. The monoisotopic (exact) mass is 487 g/mol. The van der Waals surface area contributed by atoms with Crippen LogP contribution in [0, 0.1) is 17.8 Å². The van der Waals surface area contributed by atoms with Crippen LogP contribution in [0.5, 0.6) is 5.75 Å². The second-order valence-corrected chi connectivity index (χ2v) is 10.7. The number of ether oxygens (including phenoxy) is 2. The summed E-state index contributed by atoms with van der Waals surface area (Å²) in [5, 5.41) is 23.2. The number of carboxylic acid groups (broad SMARTS) is 1. The Hall–Kier alpha value is -2.12. The van der Waals surface area contributed by atoms with Gasteiger partial charge in [-0.25, -0.2) is 4.79 Å². The average molecular weight is 488 g/mol. The van der Waals surface area contributed by atoms with E-state index in [9.17, 15) is 14.7 Å². The molecule has 1 saturated carbocycles. The standard InChI is InChI=1S/C28H41NO6/c1-2-3-4-8-20(35-28(33)24-9-6-13-29-24)11-12-21-22-14-18-7-5-10-26(34-17-27(31)32)23(18)15-19(22)16-25(21)30/h5,7,10,19-22,24-25,29-30H,2-4,6,8-9,11-17H2,1H3,(H,31,32)/t19-,20-,21+,22-,24?,25+/m0/s1. The van der Waals surface area contributed by atoms with Gasteiger partial charge in [0.1, 0.15) is 17.9 Å². The van der Waals surface area contributed by atoms with E-state index in [1.54, 1.807) is 0 Å². The number of unbranched alkanes of at least 4 members (excludes halogenated alkanes) is 2. The number of carboxylic acids is 1. The predicted molar refractivity (Wildman–Crippen MR) is 132 cm³/mol. The van der Waals surface area contributed by atoms with Crippen LogP contribution in [0.15, 0.2) is 18.2 Å². The molecule has 1 aromatic rings. The number of aliphatic carboxylic acids is 1. The van der Waals surface area contributed by atoms with E-state index >= 15 is 0 Å². The maximum Gasteiger partial charge on any atom is 0.341 e. The molecule has 3 aliphatic rings. The van der Waals surface area contributed by atoms with E-state index in [0.717, 1.165) is 82.7 Å². The van der Waals surface area contributed by atoms with E-state index in [-0.39, 0.29) is 36.7 Å². The molecule has 6 atom stereocenters. The summed E-state index contributed by atoms with van der Waals surface area (Å²) in [6.45, 7) is 2.71. The highest BCUT2D eigenvalue weighted by molar-refractivity contribution is 5.76. The molecule has 1 unspecified atom stereocenters. The summed E-state index contributed by atoms with van der Waals surface area (Å²) in [4.78, 5) is 23.6. The molecule has 35 heavy (non-hydrogen) atoms. The van der Waals surface area contributed by atoms with Crippen molar-refractivity contribution in [3.8, 4) is 5.75 Å². The lowest BCUT2D eigenvalue weighted by Crippen LogP contribution is -2.35. The minimum atomic E-state index is -0.981. The average Bonchev–Trinajstić information content (AvgIpc) is 3.47. The molecule has 0 amide bonds. The van der Waals surface area contributed by atoms with Crippen LogP contribution in [0.25, 0.3) is 0 Å². The van der Waals surface area contributed by atoms with Gasteiger partial charge < -0.3 is 25.0 Å². The molecule has 2 aliphatic carbocycles. The molecular weight excluding hydrogens is 446 g/mol. The molecular formula is C28H41NO6. The first-order valence-electron chi connectivity index (χ1n) is 13.5.